The first-order chi connectivity index (χ1) is 10.8. The average molecular weight is 356 g/mol. The molecule has 3 rings (SSSR count). The molecule has 1 N–H and O–H groups in total. The Kier molecular flexibility index (Phi) is 4.28. The van der Waals surface area contributed by atoms with E-state index in [1.54, 1.807) is 4.68 Å². The number of aromatic nitrogens is 4. The first-order valence-corrected chi connectivity index (χ1v) is 10.0. The molecule has 1 unspecified atom stereocenters. The summed E-state index contributed by atoms with van der Waals surface area (Å²) in [5.41, 5.74) is 1.91. The Labute approximate surface area is 140 Å². The zero-order chi connectivity index (χ0) is 16.8. The Morgan fingerprint density at radius 2 is 2.17 bits per heavy atom. The molecular weight excluding hydrogens is 334 g/mol. The van der Waals surface area contributed by atoms with Gasteiger partial charge in [-0.15, -0.1) is 5.10 Å². The molecule has 0 bridgehead atoms. The molecule has 7 nitrogen and oxygen atoms in total. The van der Waals surface area contributed by atoms with Crippen LogP contribution in [0.25, 0.3) is 5.78 Å². The van der Waals surface area contributed by atoms with Gasteiger partial charge in [-0.25, -0.2) is 13.4 Å². The van der Waals surface area contributed by atoms with Crippen molar-refractivity contribution in [3.8, 4) is 0 Å². The second-order valence-corrected chi connectivity index (χ2v) is 8.82. The van der Waals surface area contributed by atoms with Crippen LogP contribution in [0.4, 0.5) is 0 Å². The lowest BCUT2D eigenvalue weighted by Crippen LogP contribution is -3.15. The molecule has 2 aromatic heterocycles. The van der Waals surface area contributed by atoms with Gasteiger partial charge >= 0.3 is 0 Å². The number of aryl methyl sites for hydroxylation is 2. The van der Waals surface area contributed by atoms with Crippen LogP contribution in [0.15, 0.2) is 6.07 Å². The van der Waals surface area contributed by atoms with Gasteiger partial charge in [0.15, 0.2) is 16.5 Å². The molecule has 1 saturated heterocycles. The number of hydrogen-bond acceptors (Lipinski definition) is 5. The van der Waals surface area contributed by atoms with Crippen LogP contribution in [0, 0.1) is 18.6 Å². The maximum absolute atomic E-state index is 11.7. The van der Waals surface area contributed by atoms with Crippen molar-refractivity contribution in [2.24, 2.45) is 0 Å². The number of nitrogens with one attached hydrogen (secondary N) is 1. The number of fused-ring (bicyclic) bond motifs is 1. The van der Waals surface area contributed by atoms with E-state index < -0.39 is 9.84 Å². The normalized spacial score (nSPS) is 21.8. The maximum Gasteiger partial charge on any atom is 0.254 e. The van der Waals surface area contributed by atoms with Gasteiger partial charge in [0, 0.05) is 17.8 Å². The minimum Gasteiger partial charge on any atom is -0.313 e. The molecular formula is C14H22N5O2S2+. The van der Waals surface area contributed by atoms with Gasteiger partial charge in [0.2, 0.25) is 4.77 Å². The van der Waals surface area contributed by atoms with Crippen LogP contribution in [0.5, 0.6) is 0 Å². The van der Waals surface area contributed by atoms with E-state index in [1.165, 1.54) is 4.90 Å². The fraction of sp³-hybridized carbons (Fsp3) is 0.643. The Morgan fingerprint density at radius 3 is 2.78 bits per heavy atom. The highest BCUT2D eigenvalue weighted by Crippen LogP contribution is 2.10. The van der Waals surface area contributed by atoms with Crippen LogP contribution < -0.4 is 4.90 Å². The number of rotatable bonds is 4. The molecule has 0 saturated carbocycles. The van der Waals surface area contributed by atoms with E-state index >= 15 is 0 Å². The van der Waals surface area contributed by atoms with Crippen molar-refractivity contribution in [1.29, 1.82) is 0 Å². The summed E-state index contributed by atoms with van der Waals surface area (Å²) < 4.78 is 27.7. The number of hydrogen-bond donors (Lipinski definition) is 1. The van der Waals surface area contributed by atoms with Gasteiger partial charge in [0.1, 0.15) is 11.8 Å². The molecule has 9 heteroatoms. The predicted molar refractivity (Wildman–Crippen MR) is 89.8 cm³/mol. The largest absolute Gasteiger partial charge is 0.313 e. The van der Waals surface area contributed by atoms with Crippen molar-refractivity contribution in [2.75, 3.05) is 18.1 Å². The Hall–Kier alpha value is -1.32. The minimum absolute atomic E-state index is 0.118. The lowest BCUT2D eigenvalue weighted by molar-refractivity contribution is -0.943. The van der Waals surface area contributed by atoms with E-state index in [9.17, 15) is 8.42 Å². The van der Waals surface area contributed by atoms with Gasteiger partial charge < -0.3 is 4.90 Å². The van der Waals surface area contributed by atoms with E-state index in [2.05, 4.69) is 17.0 Å². The Balaban J connectivity index is 1.93. The van der Waals surface area contributed by atoms with Crippen LogP contribution in [0.1, 0.15) is 24.7 Å². The Bertz CT molecular complexity index is 900. The van der Waals surface area contributed by atoms with E-state index in [1.807, 2.05) is 24.3 Å². The molecule has 0 aliphatic carbocycles. The van der Waals surface area contributed by atoms with Crippen LogP contribution >= 0.6 is 12.2 Å². The monoisotopic (exact) mass is 356 g/mol. The van der Waals surface area contributed by atoms with Gasteiger partial charge in [-0.2, -0.15) is 4.68 Å². The molecule has 1 fully saturated rings. The summed E-state index contributed by atoms with van der Waals surface area (Å²) in [5.74, 6) is 1.15. The number of nitrogens with zero attached hydrogens (tertiary/aromatic N) is 4. The fourth-order valence-corrected chi connectivity index (χ4v) is 5.43. The van der Waals surface area contributed by atoms with Gasteiger partial charge in [-0.05, 0) is 39.1 Å². The highest BCUT2D eigenvalue weighted by molar-refractivity contribution is 7.91. The summed E-state index contributed by atoms with van der Waals surface area (Å²) in [7, 11) is -2.88. The van der Waals surface area contributed by atoms with E-state index in [4.69, 9.17) is 12.2 Å². The van der Waals surface area contributed by atoms with Crippen LogP contribution in [0.2, 0.25) is 0 Å². The molecule has 0 aromatic carbocycles. The molecule has 23 heavy (non-hydrogen) atoms. The minimum atomic E-state index is -2.88. The molecule has 2 aromatic rings. The van der Waals surface area contributed by atoms with Crippen LogP contribution in [0.3, 0.4) is 0 Å². The third kappa shape index (κ3) is 3.17. The molecule has 0 amide bonds. The van der Waals surface area contributed by atoms with Crippen molar-refractivity contribution < 1.29 is 13.3 Å². The molecule has 2 atom stereocenters. The van der Waals surface area contributed by atoms with Crippen molar-refractivity contribution in [3.63, 3.8) is 0 Å². The standard InChI is InChI=1S/C14H21N5O2S2/c1-4-17(12-5-6-23(20,21)8-12)9-18-14(22)19-11(3)7-10(2)15-13(19)16-18/h7,12H,4-6,8-9H2,1-3H3/p+1/t12-/m0/s1. The molecule has 1 aliphatic rings. The second-order valence-electron chi connectivity index (χ2n) is 6.23. The van der Waals surface area contributed by atoms with Gasteiger partial charge in [0.25, 0.3) is 5.78 Å². The highest BCUT2D eigenvalue weighted by atomic mass is 32.2. The average Bonchev–Trinajstić information content (AvgIpc) is 2.96. The van der Waals surface area contributed by atoms with E-state index in [0.29, 0.717) is 23.6 Å². The van der Waals surface area contributed by atoms with Gasteiger partial charge in [-0.3, -0.25) is 4.40 Å². The summed E-state index contributed by atoms with van der Waals surface area (Å²) in [6, 6.07) is 2.09. The summed E-state index contributed by atoms with van der Waals surface area (Å²) in [6.45, 7) is 7.38. The van der Waals surface area contributed by atoms with Crippen molar-refractivity contribution in [3.05, 3.63) is 22.2 Å². The highest BCUT2D eigenvalue weighted by Gasteiger charge is 2.35. The topological polar surface area (TPSA) is 73.7 Å². The van der Waals surface area contributed by atoms with Crippen LogP contribution in [-0.2, 0) is 16.5 Å². The van der Waals surface area contributed by atoms with Gasteiger partial charge in [-0.1, -0.05) is 0 Å². The summed E-state index contributed by atoms with van der Waals surface area (Å²) in [5, 5.41) is 4.52. The third-order valence-corrected chi connectivity index (χ3v) is 6.65. The summed E-state index contributed by atoms with van der Waals surface area (Å²) in [4.78, 5) is 5.63. The maximum atomic E-state index is 11.7. The lowest BCUT2D eigenvalue weighted by atomic mass is 10.2. The lowest BCUT2D eigenvalue weighted by Gasteiger charge is -2.22. The Morgan fingerprint density at radius 1 is 1.43 bits per heavy atom. The second kappa shape index (κ2) is 5.95. The zero-order valence-corrected chi connectivity index (χ0v) is 15.2. The predicted octanol–water partition coefficient (Wildman–Crippen LogP) is -0.0735. The van der Waals surface area contributed by atoms with E-state index in [0.717, 1.165) is 17.9 Å². The molecule has 0 spiro atoms. The van der Waals surface area contributed by atoms with Crippen molar-refractivity contribution >= 4 is 27.8 Å². The molecule has 1 aliphatic heterocycles. The zero-order valence-electron chi connectivity index (χ0n) is 13.6. The molecule has 0 radical (unpaired) electrons. The van der Waals surface area contributed by atoms with Crippen molar-refractivity contribution in [1.82, 2.24) is 19.2 Å². The first kappa shape index (κ1) is 16.5. The number of sulfone groups is 1. The third-order valence-electron chi connectivity index (χ3n) is 4.49. The van der Waals surface area contributed by atoms with Gasteiger partial charge in [0.05, 0.1) is 12.3 Å². The smallest absolute Gasteiger partial charge is 0.254 e. The molecule has 3 heterocycles. The van der Waals surface area contributed by atoms with E-state index in [-0.39, 0.29) is 17.5 Å². The van der Waals surface area contributed by atoms with Crippen LogP contribution in [-0.4, -0.2) is 51.7 Å². The SMILES string of the molecule is CC[NH+](Cn1nc2nc(C)cc(C)n2c1=S)[C@H]1CCS(=O)(=O)C1. The quantitative estimate of drug-likeness (QED) is 0.776. The fourth-order valence-electron chi connectivity index (χ4n) is 3.28. The van der Waals surface area contributed by atoms with Crippen molar-refractivity contribution in [2.45, 2.75) is 39.9 Å². The number of quaternary nitrogens is 1. The first-order valence-electron chi connectivity index (χ1n) is 7.79. The molecule has 126 valence electrons. The summed E-state index contributed by atoms with van der Waals surface area (Å²) >= 11 is 5.54. The summed E-state index contributed by atoms with van der Waals surface area (Å²) in [6.07, 6.45) is 0.711.